The van der Waals surface area contributed by atoms with Crippen molar-refractivity contribution in [3.8, 4) is 0 Å². The van der Waals surface area contributed by atoms with Crippen LogP contribution in [0.5, 0.6) is 0 Å². The van der Waals surface area contributed by atoms with E-state index in [-0.39, 0.29) is 18.0 Å². The highest BCUT2D eigenvalue weighted by Gasteiger charge is 2.17. The molecule has 0 fully saturated rings. The van der Waals surface area contributed by atoms with Gasteiger partial charge in [0.15, 0.2) is 0 Å². The van der Waals surface area contributed by atoms with Gasteiger partial charge in [-0.25, -0.2) is 13.1 Å². The van der Waals surface area contributed by atoms with Crippen LogP contribution in [-0.4, -0.2) is 29.3 Å². The Morgan fingerprint density at radius 1 is 1.43 bits per heavy atom. The molecule has 2 aromatic rings. The van der Waals surface area contributed by atoms with Gasteiger partial charge < -0.3 is 5.11 Å². The second-order valence-corrected chi connectivity index (χ2v) is 7.33. The minimum atomic E-state index is -3.69. The number of nitrogens with one attached hydrogen (secondary N) is 1. The molecule has 2 heterocycles. The van der Waals surface area contributed by atoms with Crippen molar-refractivity contribution in [1.29, 1.82) is 0 Å². The monoisotopic (exact) mass is 329 g/mol. The number of rotatable bonds is 7. The molecular formula is C12H15N3O4S2. The van der Waals surface area contributed by atoms with E-state index >= 15 is 0 Å². The standard InChI is InChI=1S/C12H15N3O4S2/c1-2-9-3-4-10(20-9)5-14-21(18,19)11-6-13-15(7-11)8-12(16)17/h3-4,6-7,14H,2,5,8H2,1H3,(H,16,17). The Balaban J connectivity index is 2.04. The van der Waals surface area contributed by atoms with E-state index in [0.717, 1.165) is 22.2 Å². The molecule has 0 radical (unpaired) electrons. The molecule has 0 aliphatic rings. The number of hydrogen-bond donors (Lipinski definition) is 2. The fourth-order valence-corrected chi connectivity index (χ4v) is 3.61. The number of aliphatic carboxylic acids is 1. The smallest absolute Gasteiger partial charge is 0.325 e. The number of aromatic nitrogens is 2. The molecule has 0 amide bonds. The van der Waals surface area contributed by atoms with E-state index in [2.05, 4.69) is 9.82 Å². The van der Waals surface area contributed by atoms with Crippen molar-refractivity contribution < 1.29 is 18.3 Å². The first-order chi connectivity index (χ1) is 9.90. The number of carbonyl (C=O) groups is 1. The normalized spacial score (nSPS) is 11.7. The Hall–Kier alpha value is -1.71. The molecule has 0 bridgehead atoms. The largest absolute Gasteiger partial charge is 0.480 e. The number of hydrogen-bond acceptors (Lipinski definition) is 5. The second kappa shape index (κ2) is 6.37. The summed E-state index contributed by atoms with van der Waals surface area (Å²) >= 11 is 1.56. The second-order valence-electron chi connectivity index (χ2n) is 4.31. The van der Waals surface area contributed by atoms with E-state index in [1.165, 1.54) is 11.1 Å². The summed E-state index contributed by atoms with van der Waals surface area (Å²) in [6, 6.07) is 3.86. The van der Waals surface area contributed by atoms with Gasteiger partial charge in [0.1, 0.15) is 11.4 Å². The highest BCUT2D eigenvalue weighted by Crippen LogP contribution is 2.17. The van der Waals surface area contributed by atoms with E-state index in [9.17, 15) is 13.2 Å². The zero-order valence-electron chi connectivity index (χ0n) is 11.3. The van der Waals surface area contributed by atoms with Gasteiger partial charge in [0, 0.05) is 22.5 Å². The van der Waals surface area contributed by atoms with Crippen LogP contribution in [0.4, 0.5) is 0 Å². The zero-order chi connectivity index (χ0) is 15.5. The van der Waals surface area contributed by atoms with Gasteiger partial charge in [0.05, 0.1) is 6.20 Å². The summed E-state index contributed by atoms with van der Waals surface area (Å²) in [6.07, 6.45) is 3.25. The quantitative estimate of drug-likeness (QED) is 0.791. The van der Waals surface area contributed by atoms with Crippen molar-refractivity contribution in [2.75, 3.05) is 0 Å². The Kier molecular flexibility index (Phi) is 4.76. The van der Waals surface area contributed by atoms with Gasteiger partial charge in [-0.15, -0.1) is 11.3 Å². The Labute approximate surface area is 126 Å². The minimum Gasteiger partial charge on any atom is -0.480 e. The summed E-state index contributed by atoms with van der Waals surface area (Å²) in [5, 5.41) is 12.3. The number of sulfonamides is 1. The number of thiophene rings is 1. The zero-order valence-corrected chi connectivity index (χ0v) is 12.9. The van der Waals surface area contributed by atoms with E-state index in [1.807, 2.05) is 19.1 Å². The van der Waals surface area contributed by atoms with Crippen LogP contribution in [-0.2, 0) is 34.3 Å². The molecular weight excluding hydrogens is 314 g/mol. The SMILES string of the molecule is CCc1ccc(CNS(=O)(=O)c2cnn(CC(=O)O)c2)s1. The molecule has 9 heteroatoms. The van der Waals surface area contributed by atoms with Gasteiger partial charge in [0.2, 0.25) is 10.0 Å². The maximum atomic E-state index is 12.1. The molecule has 2 N–H and O–H groups in total. The average Bonchev–Trinajstić information content (AvgIpc) is 3.04. The minimum absolute atomic E-state index is 0.0454. The maximum Gasteiger partial charge on any atom is 0.325 e. The van der Waals surface area contributed by atoms with Gasteiger partial charge in [-0.05, 0) is 18.6 Å². The lowest BCUT2D eigenvalue weighted by atomic mass is 10.4. The van der Waals surface area contributed by atoms with Crippen molar-refractivity contribution in [1.82, 2.24) is 14.5 Å². The summed E-state index contributed by atoms with van der Waals surface area (Å²) in [7, 11) is -3.69. The maximum absolute atomic E-state index is 12.1. The molecule has 0 aromatic carbocycles. The van der Waals surface area contributed by atoms with E-state index in [0.29, 0.717) is 0 Å². The van der Waals surface area contributed by atoms with Crippen LogP contribution in [0.3, 0.4) is 0 Å². The molecule has 7 nitrogen and oxygen atoms in total. The predicted octanol–water partition coefficient (Wildman–Crippen LogP) is 1.07. The summed E-state index contributed by atoms with van der Waals surface area (Å²) in [4.78, 5) is 12.6. The lowest BCUT2D eigenvalue weighted by Gasteiger charge is -2.02. The van der Waals surface area contributed by atoms with E-state index in [1.54, 1.807) is 11.3 Å². The first kappa shape index (κ1) is 15.7. The lowest BCUT2D eigenvalue weighted by molar-refractivity contribution is -0.137. The molecule has 0 saturated carbocycles. The first-order valence-corrected chi connectivity index (χ1v) is 8.52. The van der Waals surface area contributed by atoms with Crippen LogP contribution in [0.2, 0.25) is 0 Å². The molecule has 0 spiro atoms. The Bertz CT molecular complexity index is 733. The van der Waals surface area contributed by atoms with Crippen LogP contribution < -0.4 is 4.72 Å². The topological polar surface area (TPSA) is 101 Å². The average molecular weight is 329 g/mol. The summed E-state index contributed by atoms with van der Waals surface area (Å²) in [5.41, 5.74) is 0. The molecule has 114 valence electrons. The number of carboxylic acids is 1. The molecule has 0 saturated heterocycles. The lowest BCUT2D eigenvalue weighted by Crippen LogP contribution is -2.22. The van der Waals surface area contributed by atoms with Crippen molar-refractivity contribution in [3.05, 3.63) is 34.3 Å². The van der Waals surface area contributed by atoms with E-state index < -0.39 is 16.0 Å². The third kappa shape index (κ3) is 4.13. The van der Waals surface area contributed by atoms with Gasteiger partial charge in [-0.2, -0.15) is 5.10 Å². The molecule has 0 aliphatic carbocycles. The van der Waals surface area contributed by atoms with Crippen LogP contribution in [0.15, 0.2) is 29.4 Å². The van der Waals surface area contributed by atoms with Crippen molar-refractivity contribution in [2.45, 2.75) is 31.3 Å². The van der Waals surface area contributed by atoms with Gasteiger partial charge >= 0.3 is 5.97 Å². The highest BCUT2D eigenvalue weighted by molar-refractivity contribution is 7.89. The molecule has 2 rings (SSSR count). The van der Waals surface area contributed by atoms with Crippen molar-refractivity contribution >= 4 is 27.3 Å². The number of aryl methyl sites for hydroxylation is 1. The fraction of sp³-hybridized carbons (Fsp3) is 0.333. The van der Waals surface area contributed by atoms with Crippen LogP contribution in [0.25, 0.3) is 0 Å². The van der Waals surface area contributed by atoms with Crippen molar-refractivity contribution in [2.24, 2.45) is 0 Å². The summed E-state index contributed by atoms with van der Waals surface area (Å²) in [6.45, 7) is 1.87. The number of nitrogens with zero attached hydrogens (tertiary/aromatic N) is 2. The van der Waals surface area contributed by atoms with E-state index in [4.69, 9.17) is 5.11 Å². The third-order valence-electron chi connectivity index (χ3n) is 2.72. The van der Waals surface area contributed by atoms with Gasteiger partial charge in [-0.1, -0.05) is 6.92 Å². The van der Waals surface area contributed by atoms with Gasteiger partial charge in [0.25, 0.3) is 0 Å². The Morgan fingerprint density at radius 3 is 2.76 bits per heavy atom. The van der Waals surface area contributed by atoms with Crippen LogP contribution in [0.1, 0.15) is 16.7 Å². The summed E-state index contributed by atoms with van der Waals surface area (Å²) < 4.78 is 27.7. The fourth-order valence-electron chi connectivity index (χ4n) is 1.67. The van der Waals surface area contributed by atoms with Gasteiger partial charge in [-0.3, -0.25) is 9.48 Å². The van der Waals surface area contributed by atoms with Crippen LogP contribution in [0, 0.1) is 0 Å². The molecule has 2 aromatic heterocycles. The third-order valence-corrected chi connectivity index (χ3v) is 5.30. The molecule has 0 atom stereocenters. The van der Waals surface area contributed by atoms with Crippen LogP contribution >= 0.6 is 11.3 Å². The molecule has 21 heavy (non-hydrogen) atoms. The first-order valence-electron chi connectivity index (χ1n) is 6.22. The Morgan fingerprint density at radius 2 is 2.14 bits per heavy atom. The highest BCUT2D eigenvalue weighted by atomic mass is 32.2. The van der Waals surface area contributed by atoms with Crippen molar-refractivity contribution in [3.63, 3.8) is 0 Å². The molecule has 0 aliphatic heterocycles. The number of carboxylic acid groups (broad SMARTS) is 1. The molecule has 0 unspecified atom stereocenters. The summed E-state index contributed by atoms with van der Waals surface area (Å²) in [5.74, 6) is -1.08. The predicted molar refractivity (Wildman–Crippen MR) is 77.6 cm³/mol.